The van der Waals surface area contributed by atoms with Gasteiger partial charge in [0.05, 0.1) is 47.6 Å². The molecule has 14 nitrogen and oxygen atoms in total. The fourth-order valence-corrected chi connectivity index (χ4v) is 8.41. The maximum absolute atomic E-state index is 14.1. The number of rotatable bonds is 7. The first-order valence-corrected chi connectivity index (χ1v) is 18.5. The monoisotopic (exact) mass is 733 g/mol. The van der Waals surface area contributed by atoms with Crippen LogP contribution >= 0.6 is 0 Å². The molecule has 0 aromatic rings. The summed E-state index contributed by atoms with van der Waals surface area (Å²) in [5.41, 5.74) is -4.84. The van der Waals surface area contributed by atoms with Gasteiger partial charge < -0.3 is 58.9 Å². The molecule has 0 saturated carbocycles. The number of aliphatic hydroxyl groups is 5. The van der Waals surface area contributed by atoms with Gasteiger partial charge in [0.25, 0.3) is 0 Å². The topological polar surface area (TPSA) is 194 Å². The summed E-state index contributed by atoms with van der Waals surface area (Å²) in [5.74, 6) is -4.98. The Morgan fingerprint density at radius 2 is 1.49 bits per heavy atom. The van der Waals surface area contributed by atoms with Crippen molar-refractivity contribution in [2.75, 3.05) is 21.2 Å². The second-order valence-electron chi connectivity index (χ2n) is 16.5. The number of aliphatic hydroxyl groups excluding tert-OH is 3. The standard InChI is InChI=1S/C37H67NO13/c1-14-25-37(10,45)30(41)20(4)27(39)18(2)16-35(8,44)32(51-34-28(40)24(38(11)12)15-19(3)47-34)21(5)29(22(6)33(43)49-25)50-26-17-36(9,46-13)31(42)23(7)48-26/h18-26,28-32,34,40-42,44-45H,14-17H2,1-13H3/t18-,19+,20?,21-,22-,23-,24-,25?,26-,28+,29+,30+,31-,32-,34-,35-,36+,37+/m0/s1. The SMILES string of the molecule is CCC1OC(=O)[C@@H](C)[C@H](O[C@H]2C[C@@](C)(OC)[C@@H](O)[C@H](C)O2)[C@H](C)[C@H](O[C@@H]2O[C@H](C)C[C@H](N(C)C)[C@H]2O)[C@@](C)(O)C[C@H](C)C(=O)C(C)[C@@H](O)[C@]1(C)O. The molecule has 3 heterocycles. The summed E-state index contributed by atoms with van der Waals surface area (Å²) in [6.07, 6.45) is -9.71. The molecule has 3 fully saturated rings. The van der Waals surface area contributed by atoms with Crippen LogP contribution in [0.2, 0.25) is 0 Å². The number of ketones is 1. The Bertz CT molecular complexity index is 1170. The highest BCUT2D eigenvalue weighted by atomic mass is 16.7. The largest absolute Gasteiger partial charge is 0.459 e. The fraction of sp³-hybridized carbons (Fsp3) is 0.946. The maximum Gasteiger partial charge on any atom is 0.311 e. The Balaban J connectivity index is 2.18. The van der Waals surface area contributed by atoms with Crippen molar-refractivity contribution >= 4 is 11.8 Å². The molecular formula is C37H67NO13. The van der Waals surface area contributed by atoms with Crippen molar-refractivity contribution in [3.63, 3.8) is 0 Å². The van der Waals surface area contributed by atoms with Crippen LogP contribution < -0.4 is 0 Å². The van der Waals surface area contributed by atoms with Crippen LogP contribution in [-0.4, -0.2) is 148 Å². The highest BCUT2D eigenvalue weighted by Crippen LogP contribution is 2.40. The van der Waals surface area contributed by atoms with E-state index in [-0.39, 0.29) is 31.4 Å². The number of likely N-dealkylation sites (N-methyl/N-ethyl adjacent to an activating group) is 1. The first-order chi connectivity index (χ1) is 23.4. The Hall–Kier alpha value is -1.30. The molecule has 5 N–H and O–H groups in total. The zero-order valence-corrected chi connectivity index (χ0v) is 32.9. The second-order valence-corrected chi connectivity index (χ2v) is 16.5. The number of nitrogens with zero attached hydrogens (tertiary/aromatic N) is 1. The molecule has 0 aromatic carbocycles. The number of methoxy groups -OCH3 is 1. The number of carbonyl (C=O) groups is 2. The molecule has 298 valence electrons. The molecule has 0 aliphatic carbocycles. The lowest BCUT2D eigenvalue weighted by Gasteiger charge is -2.49. The third-order valence-electron chi connectivity index (χ3n) is 11.8. The van der Waals surface area contributed by atoms with Crippen LogP contribution in [0.1, 0.15) is 94.9 Å². The van der Waals surface area contributed by atoms with Gasteiger partial charge in [-0.1, -0.05) is 27.7 Å². The number of ether oxygens (including phenoxy) is 6. The van der Waals surface area contributed by atoms with Crippen LogP contribution in [0.4, 0.5) is 0 Å². The quantitative estimate of drug-likeness (QED) is 0.238. The third kappa shape index (κ3) is 9.51. The molecule has 3 aliphatic heterocycles. The molecule has 18 atom stereocenters. The van der Waals surface area contributed by atoms with Crippen LogP contribution in [0.5, 0.6) is 0 Å². The van der Waals surface area contributed by atoms with Gasteiger partial charge in [0.15, 0.2) is 12.6 Å². The molecule has 51 heavy (non-hydrogen) atoms. The minimum Gasteiger partial charge on any atom is -0.459 e. The summed E-state index contributed by atoms with van der Waals surface area (Å²) in [6, 6.07) is -0.324. The molecule has 14 heteroatoms. The van der Waals surface area contributed by atoms with Gasteiger partial charge in [-0.3, -0.25) is 9.59 Å². The lowest BCUT2D eigenvalue weighted by molar-refractivity contribution is -0.318. The molecule has 2 unspecified atom stereocenters. The van der Waals surface area contributed by atoms with Crippen LogP contribution in [0, 0.1) is 23.7 Å². The molecule has 0 amide bonds. The molecule has 0 bridgehead atoms. The van der Waals surface area contributed by atoms with Crippen molar-refractivity contribution in [3.8, 4) is 0 Å². The van der Waals surface area contributed by atoms with Crippen molar-refractivity contribution in [1.82, 2.24) is 4.90 Å². The van der Waals surface area contributed by atoms with Gasteiger partial charge in [0.1, 0.15) is 29.7 Å². The number of hydrogen-bond donors (Lipinski definition) is 5. The lowest BCUT2D eigenvalue weighted by atomic mass is 9.74. The van der Waals surface area contributed by atoms with Crippen LogP contribution in [0.25, 0.3) is 0 Å². The van der Waals surface area contributed by atoms with Gasteiger partial charge in [-0.05, 0) is 74.9 Å². The Kier molecular flexibility index (Phi) is 14.7. The highest BCUT2D eigenvalue weighted by Gasteiger charge is 2.53. The van der Waals surface area contributed by atoms with Crippen LogP contribution in [0.15, 0.2) is 0 Å². The van der Waals surface area contributed by atoms with Crippen molar-refractivity contribution in [3.05, 3.63) is 0 Å². The van der Waals surface area contributed by atoms with E-state index in [4.69, 9.17) is 28.4 Å². The Morgan fingerprint density at radius 3 is 2.04 bits per heavy atom. The maximum atomic E-state index is 14.1. The third-order valence-corrected chi connectivity index (χ3v) is 11.8. The number of esters is 1. The predicted octanol–water partition coefficient (Wildman–Crippen LogP) is 1.79. The normalized spacial score (nSPS) is 49.7. The predicted molar refractivity (Wildman–Crippen MR) is 186 cm³/mol. The van der Waals surface area contributed by atoms with Crippen LogP contribution in [0.3, 0.4) is 0 Å². The van der Waals surface area contributed by atoms with E-state index in [9.17, 15) is 35.1 Å². The lowest BCUT2D eigenvalue weighted by Crippen LogP contribution is -2.61. The average molecular weight is 734 g/mol. The summed E-state index contributed by atoms with van der Waals surface area (Å²) in [5, 5.41) is 57.6. The van der Waals surface area contributed by atoms with Crippen LogP contribution in [-0.2, 0) is 38.0 Å². The van der Waals surface area contributed by atoms with Gasteiger partial charge in [-0.2, -0.15) is 0 Å². The number of hydrogen-bond acceptors (Lipinski definition) is 14. The van der Waals surface area contributed by atoms with Crippen molar-refractivity contribution in [2.24, 2.45) is 23.7 Å². The smallest absolute Gasteiger partial charge is 0.311 e. The van der Waals surface area contributed by atoms with Crippen molar-refractivity contribution in [2.45, 2.75) is 179 Å². The van der Waals surface area contributed by atoms with E-state index in [1.807, 2.05) is 25.9 Å². The first kappa shape index (κ1) is 44.1. The molecule has 3 aliphatic rings. The van der Waals surface area contributed by atoms with E-state index in [1.165, 1.54) is 27.9 Å². The molecule has 0 aromatic heterocycles. The summed E-state index contributed by atoms with van der Waals surface area (Å²) in [6.45, 7) is 16.3. The van der Waals surface area contributed by atoms with Gasteiger partial charge >= 0.3 is 5.97 Å². The number of cyclic esters (lactones) is 1. The van der Waals surface area contributed by atoms with Gasteiger partial charge in [-0.15, -0.1) is 0 Å². The summed E-state index contributed by atoms with van der Waals surface area (Å²) in [7, 11) is 5.18. The Morgan fingerprint density at radius 1 is 0.882 bits per heavy atom. The van der Waals surface area contributed by atoms with E-state index in [0.29, 0.717) is 6.42 Å². The summed E-state index contributed by atoms with van der Waals surface area (Å²) < 4.78 is 37.1. The molecule has 3 saturated heterocycles. The van der Waals surface area contributed by atoms with E-state index >= 15 is 0 Å². The zero-order valence-electron chi connectivity index (χ0n) is 32.9. The Labute approximate surface area is 304 Å². The van der Waals surface area contributed by atoms with E-state index < -0.39 is 108 Å². The second kappa shape index (κ2) is 17.0. The van der Waals surface area contributed by atoms with Gasteiger partial charge in [0, 0.05) is 37.3 Å². The highest BCUT2D eigenvalue weighted by molar-refractivity contribution is 5.83. The fourth-order valence-electron chi connectivity index (χ4n) is 8.41. The zero-order chi connectivity index (χ0) is 39.0. The molecule has 0 spiro atoms. The minimum atomic E-state index is -1.99. The van der Waals surface area contributed by atoms with E-state index in [2.05, 4.69) is 0 Å². The van der Waals surface area contributed by atoms with Gasteiger partial charge in [0.2, 0.25) is 0 Å². The summed E-state index contributed by atoms with van der Waals surface area (Å²) >= 11 is 0. The van der Waals surface area contributed by atoms with Crippen molar-refractivity contribution < 1.29 is 63.5 Å². The molecular weight excluding hydrogens is 666 g/mol. The number of carbonyl (C=O) groups excluding carboxylic acids is 2. The van der Waals surface area contributed by atoms with Crippen molar-refractivity contribution in [1.29, 1.82) is 0 Å². The van der Waals surface area contributed by atoms with Gasteiger partial charge in [-0.25, -0.2) is 0 Å². The molecule has 0 radical (unpaired) electrons. The van der Waals surface area contributed by atoms with E-state index in [0.717, 1.165) is 0 Å². The molecule has 3 rings (SSSR count). The minimum absolute atomic E-state index is 0.0936. The van der Waals surface area contributed by atoms with E-state index in [1.54, 1.807) is 41.5 Å². The number of Topliss-reactive ketones (excluding diaryl/α,β-unsaturated/α-hetero) is 1. The first-order valence-electron chi connectivity index (χ1n) is 18.5. The summed E-state index contributed by atoms with van der Waals surface area (Å²) in [4.78, 5) is 29.8. The average Bonchev–Trinajstić information content (AvgIpc) is 3.05.